The normalized spacial score (nSPS) is 14.9. The van der Waals surface area contributed by atoms with Crippen LogP contribution in [-0.4, -0.2) is 22.4 Å². The molecule has 0 saturated heterocycles. The number of halogens is 4. The number of rotatable bonds is 4. The van der Waals surface area contributed by atoms with E-state index in [1.807, 2.05) is 0 Å². The lowest BCUT2D eigenvalue weighted by atomic mass is 10.4. The van der Waals surface area contributed by atoms with Crippen molar-refractivity contribution in [1.82, 2.24) is 0 Å². The van der Waals surface area contributed by atoms with Gasteiger partial charge in [-0.15, -0.1) is 0 Å². The van der Waals surface area contributed by atoms with Crippen LogP contribution in [0.25, 0.3) is 0 Å². The third-order valence-electron chi connectivity index (χ3n) is 1.83. The molecule has 100 valence electrons. The van der Waals surface area contributed by atoms with Gasteiger partial charge in [-0.1, -0.05) is 45.9 Å². The van der Waals surface area contributed by atoms with Gasteiger partial charge in [0.2, 0.25) is 0 Å². The van der Waals surface area contributed by atoms with Crippen molar-refractivity contribution < 1.29 is 22.7 Å². The number of ether oxygens (including phenoxy) is 1. The van der Waals surface area contributed by atoms with Crippen LogP contribution in [0.4, 0.5) is 13.2 Å². The lowest BCUT2D eigenvalue weighted by molar-refractivity contribution is -0.156. The Morgan fingerprint density at radius 2 is 1.89 bits per heavy atom. The van der Waals surface area contributed by atoms with Crippen molar-refractivity contribution in [2.45, 2.75) is 28.3 Å². The SMILES string of the molecule is CC(=O)OC(Sc1ccccc1)[C@H](Br)C(F)(F)F. The lowest BCUT2D eigenvalue weighted by Gasteiger charge is -2.23. The zero-order chi connectivity index (χ0) is 13.8. The van der Waals surface area contributed by atoms with E-state index in [2.05, 4.69) is 15.9 Å². The highest BCUT2D eigenvalue weighted by molar-refractivity contribution is 9.09. The first-order valence-electron chi connectivity index (χ1n) is 4.90. The van der Waals surface area contributed by atoms with Gasteiger partial charge in [0, 0.05) is 11.8 Å². The second-order valence-electron chi connectivity index (χ2n) is 3.35. The first-order chi connectivity index (χ1) is 8.30. The molecule has 0 aliphatic heterocycles. The Hall–Kier alpha value is -0.690. The Kier molecular flexibility index (Phi) is 5.52. The first-order valence-corrected chi connectivity index (χ1v) is 6.70. The van der Waals surface area contributed by atoms with Crippen molar-refractivity contribution in [2.24, 2.45) is 0 Å². The van der Waals surface area contributed by atoms with Crippen molar-refractivity contribution in [3.8, 4) is 0 Å². The highest BCUT2D eigenvalue weighted by Gasteiger charge is 2.45. The van der Waals surface area contributed by atoms with Gasteiger partial charge < -0.3 is 4.74 Å². The van der Waals surface area contributed by atoms with E-state index in [1.54, 1.807) is 30.3 Å². The summed E-state index contributed by atoms with van der Waals surface area (Å²) in [7, 11) is 0. The molecule has 2 nitrogen and oxygen atoms in total. The van der Waals surface area contributed by atoms with Crippen LogP contribution in [0.5, 0.6) is 0 Å². The number of alkyl halides is 4. The smallest absolute Gasteiger partial charge is 0.405 e. The number of thioether (sulfide) groups is 1. The Morgan fingerprint density at radius 1 is 1.33 bits per heavy atom. The van der Waals surface area contributed by atoms with Crippen LogP contribution < -0.4 is 0 Å². The number of carbonyl (C=O) groups is 1. The van der Waals surface area contributed by atoms with E-state index in [1.165, 1.54) is 0 Å². The van der Waals surface area contributed by atoms with Crippen LogP contribution in [0.2, 0.25) is 0 Å². The fourth-order valence-corrected chi connectivity index (χ4v) is 2.57. The molecule has 0 fully saturated rings. The Labute approximate surface area is 115 Å². The molecule has 2 atom stereocenters. The minimum atomic E-state index is -4.48. The van der Waals surface area contributed by atoms with Crippen LogP contribution in [0, 0.1) is 0 Å². The zero-order valence-corrected chi connectivity index (χ0v) is 11.7. The average molecular weight is 343 g/mol. The highest BCUT2D eigenvalue weighted by atomic mass is 79.9. The quantitative estimate of drug-likeness (QED) is 0.358. The Morgan fingerprint density at radius 3 is 2.33 bits per heavy atom. The maximum Gasteiger partial charge on any atom is 0.405 e. The van der Waals surface area contributed by atoms with Crippen molar-refractivity contribution in [2.75, 3.05) is 0 Å². The maximum absolute atomic E-state index is 12.6. The van der Waals surface area contributed by atoms with Gasteiger partial charge >= 0.3 is 12.1 Å². The van der Waals surface area contributed by atoms with Gasteiger partial charge in [-0.05, 0) is 12.1 Å². The summed E-state index contributed by atoms with van der Waals surface area (Å²) in [6, 6.07) is 8.45. The molecular formula is C11H10BrF3O2S. The number of carbonyl (C=O) groups excluding carboxylic acids is 1. The molecule has 0 saturated carbocycles. The van der Waals surface area contributed by atoms with Gasteiger partial charge in [0.05, 0.1) is 0 Å². The highest BCUT2D eigenvalue weighted by Crippen LogP contribution is 2.37. The monoisotopic (exact) mass is 342 g/mol. The third-order valence-corrected chi connectivity index (χ3v) is 4.32. The molecule has 0 bridgehead atoms. The predicted molar refractivity (Wildman–Crippen MR) is 66.6 cm³/mol. The second kappa shape index (κ2) is 6.47. The molecule has 1 aromatic rings. The van der Waals surface area contributed by atoms with Crippen molar-refractivity contribution in [3.63, 3.8) is 0 Å². The molecule has 0 aliphatic carbocycles. The summed E-state index contributed by atoms with van der Waals surface area (Å²) in [5, 5.41) is 0. The van der Waals surface area contributed by atoms with E-state index in [4.69, 9.17) is 4.74 Å². The first kappa shape index (κ1) is 15.4. The van der Waals surface area contributed by atoms with Crippen LogP contribution >= 0.6 is 27.7 Å². The van der Waals surface area contributed by atoms with E-state index in [-0.39, 0.29) is 0 Å². The average Bonchev–Trinajstić information content (AvgIpc) is 2.26. The summed E-state index contributed by atoms with van der Waals surface area (Å²) in [5.41, 5.74) is -1.36. The lowest BCUT2D eigenvalue weighted by Crippen LogP contribution is -2.35. The van der Waals surface area contributed by atoms with E-state index in [0.29, 0.717) is 4.90 Å². The molecule has 0 aromatic heterocycles. The summed E-state index contributed by atoms with van der Waals surface area (Å²) in [6.07, 6.45) is -4.48. The molecule has 18 heavy (non-hydrogen) atoms. The molecular weight excluding hydrogens is 333 g/mol. The van der Waals surface area contributed by atoms with E-state index in [9.17, 15) is 18.0 Å². The Balaban J connectivity index is 2.82. The van der Waals surface area contributed by atoms with Crippen molar-refractivity contribution in [1.29, 1.82) is 0 Å². The minimum Gasteiger partial charge on any atom is -0.450 e. The van der Waals surface area contributed by atoms with Crippen LogP contribution in [0.15, 0.2) is 35.2 Å². The van der Waals surface area contributed by atoms with Gasteiger partial charge in [-0.3, -0.25) is 4.79 Å². The van der Waals surface area contributed by atoms with E-state index in [0.717, 1.165) is 18.7 Å². The molecule has 1 aromatic carbocycles. The van der Waals surface area contributed by atoms with E-state index < -0.39 is 22.4 Å². The number of esters is 1. The predicted octanol–water partition coefficient (Wildman–Crippen LogP) is 3.99. The van der Waals surface area contributed by atoms with Crippen molar-refractivity contribution >= 4 is 33.7 Å². The molecule has 1 unspecified atom stereocenters. The second-order valence-corrected chi connectivity index (χ2v) is 5.51. The van der Waals surface area contributed by atoms with Crippen LogP contribution in [0.1, 0.15) is 6.92 Å². The molecule has 0 amide bonds. The zero-order valence-electron chi connectivity index (χ0n) is 9.28. The largest absolute Gasteiger partial charge is 0.450 e. The van der Waals surface area contributed by atoms with Gasteiger partial charge in [-0.2, -0.15) is 13.2 Å². The fourth-order valence-electron chi connectivity index (χ4n) is 1.09. The fraction of sp³-hybridized carbons (Fsp3) is 0.364. The number of hydrogen-bond acceptors (Lipinski definition) is 3. The molecule has 0 radical (unpaired) electrons. The number of hydrogen-bond donors (Lipinski definition) is 0. The summed E-state index contributed by atoms with van der Waals surface area (Å²) in [4.78, 5) is 9.53. The molecule has 0 heterocycles. The molecule has 7 heteroatoms. The summed E-state index contributed by atoms with van der Waals surface area (Å²) in [5.74, 6) is -0.753. The summed E-state index contributed by atoms with van der Waals surface area (Å²) < 4.78 is 42.5. The van der Waals surface area contributed by atoms with Crippen LogP contribution in [0.3, 0.4) is 0 Å². The summed E-state index contributed by atoms with van der Waals surface area (Å²) >= 11 is 3.37. The van der Waals surface area contributed by atoms with Gasteiger partial charge in [0.25, 0.3) is 0 Å². The van der Waals surface area contributed by atoms with Gasteiger partial charge in [0.1, 0.15) is 0 Å². The van der Waals surface area contributed by atoms with Crippen LogP contribution in [-0.2, 0) is 9.53 Å². The molecule has 0 aliphatic rings. The number of benzene rings is 1. The van der Waals surface area contributed by atoms with E-state index >= 15 is 0 Å². The topological polar surface area (TPSA) is 26.3 Å². The Bertz CT molecular complexity index is 397. The van der Waals surface area contributed by atoms with Gasteiger partial charge in [-0.25, -0.2) is 0 Å². The van der Waals surface area contributed by atoms with Gasteiger partial charge in [0.15, 0.2) is 10.3 Å². The standard InChI is InChI=1S/C11H10BrF3O2S/c1-7(16)17-10(9(12)11(13,14)15)18-8-5-3-2-4-6-8/h2-6,9-10H,1H3/t9-,10?/m0/s1. The third kappa shape index (κ3) is 4.89. The molecule has 0 spiro atoms. The maximum atomic E-state index is 12.6. The van der Waals surface area contributed by atoms with Crippen molar-refractivity contribution in [3.05, 3.63) is 30.3 Å². The minimum absolute atomic E-state index is 0.595. The summed E-state index contributed by atoms with van der Waals surface area (Å²) in [6.45, 7) is 1.08. The molecule has 1 rings (SSSR count). The molecule has 0 N–H and O–H groups in total.